The van der Waals surface area contributed by atoms with E-state index in [1.807, 2.05) is 19.1 Å². The maximum absolute atomic E-state index is 12.2. The Morgan fingerprint density at radius 3 is 2.37 bits per heavy atom. The summed E-state index contributed by atoms with van der Waals surface area (Å²) in [5, 5.41) is 2.79. The molecule has 0 atom stereocenters. The summed E-state index contributed by atoms with van der Waals surface area (Å²) in [5.41, 5.74) is 2.03. The highest BCUT2D eigenvalue weighted by Crippen LogP contribution is 2.18. The van der Waals surface area contributed by atoms with Crippen molar-refractivity contribution in [1.29, 1.82) is 0 Å². The summed E-state index contributed by atoms with van der Waals surface area (Å²) in [6.45, 7) is 1.92. The first-order chi connectivity index (χ1) is 12.9. The van der Waals surface area contributed by atoms with E-state index in [9.17, 15) is 14.4 Å². The monoisotopic (exact) mass is 362 g/mol. The van der Waals surface area contributed by atoms with Gasteiger partial charge in [0, 0.05) is 30.6 Å². The molecule has 1 aromatic heterocycles. The summed E-state index contributed by atoms with van der Waals surface area (Å²) < 4.78 is 6.62. The molecule has 27 heavy (non-hydrogen) atoms. The van der Waals surface area contributed by atoms with Crippen LogP contribution in [-0.2, 0) is 7.05 Å². The zero-order valence-corrected chi connectivity index (χ0v) is 14.9. The Hall–Kier alpha value is -3.67. The van der Waals surface area contributed by atoms with Crippen molar-refractivity contribution in [2.45, 2.75) is 6.92 Å². The second-order valence-corrected chi connectivity index (χ2v) is 6.10. The molecule has 0 aliphatic rings. The number of amides is 1. The summed E-state index contributed by atoms with van der Waals surface area (Å²) in [6, 6.07) is 16.4. The van der Waals surface area contributed by atoms with E-state index < -0.39 is 5.97 Å². The molecule has 3 aromatic rings. The Morgan fingerprint density at radius 2 is 1.70 bits per heavy atom. The molecule has 0 fully saturated rings. The van der Waals surface area contributed by atoms with Crippen LogP contribution in [0.5, 0.6) is 5.75 Å². The van der Waals surface area contributed by atoms with Crippen LogP contribution in [0.1, 0.15) is 26.3 Å². The predicted octanol–water partition coefficient (Wildman–Crippen LogP) is 3.17. The largest absolute Gasteiger partial charge is 0.423 e. The molecule has 1 heterocycles. The number of nitrogens with zero attached hydrogens (tertiary/aromatic N) is 1. The molecule has 1 N–H and O–H groups in total. The Labute approximate surface area is 156 Å². The van der Waals surface area contributed by atoms with Crippen molar-refractivity contribution < 1.29 is 14.3 Å². The van der Waals surface area contributed by atoms with Crippen LogP contribution < -0.4 is 15.6 Å². The SMILES string of the molecule is Cc1cccc(C(=O)Nc2ccc(OC(=O)c3ccn(C)c(=O)c3)cc2)c1. The van der Waals surface area contributed by atoms with E-state index in [1.165, 1.54) is 22.9 Å². The Bertz CT molecular complexity index is 1050. The molecule has 3 rings (SSSR count). The number of benzene rings is 2. The van der Waals surface area contributed by atoms with Crippen LogP contribution in [-0.4, -0.2) is 16.4 Å². The molecule has 0 bridgehead atoms. The average Bonchev–Trinajstić information content (AvgIpc) is 2.65. The topological polar surface area (TPSA) is 77.4 Å². The first kappa shape index (κ1) is 18.1. The van der Waals surface area contributed by atoms with Gasteiger partial charge in [-0.2, -0.15) is 0 Å². The standard InChI is InChI=1S/C21H18N2O4/c1-14-4-3-5-15(12-14)20(25)22-17-6-8-18(9-7-17)27-21(26)16-10-11-23(2)19(24)13-16/h3-13H,1-2H3,(H,22,25). The summed E-state index contributed by atoms with van der Waals surface area (Å²) in [4.78, 5) is 36.0. The molecule has 2 aromatic carbocycles. The molecule has 0 saturated carbocycles. The van der Waals surface area contributed by atoms with Crippen molar-refractivity contribution in [3.8, 4) is 5.75 Å². The molecule has 1 amide bonds. The molecule has 6 nitrogen and oxygen atoms in total. The second-order valence-electron chi connectivity index (χ2n) is 6.10. The van der Waals surface area contributed by atoms with Gasteiger partial charge in [-0.15, -0.1) is 0 Å². The van der Waals surface area contributed by atoms with Crippen molar-refractivity contribution in [2.75, 3.05) is 5.32 Å². The fourth-order valence-electron chi connectivity index (χ4n) is 2.44. The van der Waals surface area contributed by atoms with Gasteiger partial charge in [0.25, 0.3) is 11.5 Å². The number of aromatic nitrogens is 1. The number of esters is 1. The number of ether oxygens (including phenoxy) is 1. The Morgan fingerprint density at radius 1 is 0.963 bits per heavy atom. The molecular formula is C21H18N2O4. The molecule has 136 valence electrons. The lowest BCUT2D eigenvalue weighted by Gasteiger charge is -2.08. The number of rotatable bonds is 4. The maximum atomic E-state index is 12.2. The van der Waals surface area contributed by atoms with Gasteiger partial charge in [-0.05, 0) is 49.4 Å². The van der Waals surface area contributed by atoms with E-state index in [-0.39, 0.29) is 17.0 Å². The summed E-state index contributed by atoms with van der Waals surface area (Å²) in [5.74, 6) is -0.526. The molecule has 0 radical (unpaired) electrons. The van der Waals surface area contributed by atoms with Gasteiger partial charge in [0.05, 0.1) is 5.56 Å². The molecular weight excluding hydrogens is 344 g/mol. The number of pyridine rings is 1. The summed E-state index contributed by atoms with van der Waals surface area (Å²) >= 11 is 0. The number of hydrogen-bond donors (Lipinski definition) is 1. The van der Waals surface area contributed by atoms with Gasteiger partial charge in [0.15, 0.2) is 0 Å². The highest BCUT2D eigenvalue weighted by atomic mass is 16.5. The normalized spacial score (nSPS) is 10.3. The highest BCUT2D eigenvalue weighted by Gasteiger charge is 2.10. The molecule has 6 heteroatoms. The van der Waals surface area contributed by atoms with Crippen LogP contribution in [0, 0.1) is 6.92 Å². The molecule has 0 spiro atoms. The zero-order chi connectivity index (χ0) is 19.4. The minimum atomic E-state index is -0.621. The van der Waals surface area contributed by atoms with Gasteiger partial charge in [0.2, 0.25) is 0 Å². The summed E-state index contributed by atoms with van der Waals surface area (Å²) in [6.07, 6.45) is 1.50. The zero-order valence-electron chi connectivity index (χ0n) is 14.9. The van der Waals surface area contributed by atoms with Crippen molar-refractivity contribution in [2.24, 2.45) is 7.05 Å². The number of hydrogen-bond acceptors (Lipinski definition) is 4. The van der Waals surface area contributed by atoms with Crippen LogP contribution in [0.15, 0.2) is 71.7 Å². The first-order valence-electron chi connectivity index (χ1n) is 8.29. The number of nitrogens with one attached hydrogen (secondary N) is 1. The molecule has 0 aliphatic carbocycles. The lowest BCUT2D eigenvalue weighted by molar-refractivity contribution is 0.0734. The van der Waals surface area contributed by atoms with E-state index in [4.69, 9.17) is 4.74 Å². The number of anilines is 1. The third-order valence-electron chi connectivity index (χ3n) is 3.94. The van der Waals surface area contributed by atoms with Gasteiger partial charge >= 0.3 is 5.97 Å². The third-order valence-corrected chi connectivity index (χ3v) is 3.94. The van der Waals surface area contributed by atoms with Gasteiger partial charge in [-0.3, -0.25) is 9.59 Å². The van der Waals surface area contributed by atoms with Crippen LogP contribution in [0.4, 0.5) is 5.69 Å². The quantitative estimate of drug-likeness (QED) is 0.571. The van der Waals surface area contributed by atoms with E-state index in [1.54, 1.807) is 43.4 Å². The van der Waals surface area contributed by atoms with Crippen molar-refractivity contribution in [3.05, 3.63) is 93.9 Å². The van der Waals surface area contributed by atoms with Crippen LogP contribution in [0.2, 0.25) is 0 Å². The van der Waals surface area contributed by atoms with Crippen molar-refractivity contribution in [3.63, 3.8) is 0 Å². The number of carbonyl (C=O) groups is 2. The van der Waals surface area contributed by atoms with Gasteiger partial charge < -0.3 is 14.6 Å². The van der Waals surface area contributed by atoms with Gasteiger partial charge in [0.1, 0.15) is 5.75 Å². The van der Waals surface area contributed by atoms with E-state index >= 15 is 0 Å². The second kappa shape index (κ2) is 7.70. The van der Waals surface area contributed by atoms with Gasteiger partial charge in [-0.1, -0.05) is 17.7 Å². The predicted molar refractivity (Wildman–Crippen MR) is 102 cm³/mol. The van der Waals surface area contributed by atoms with Crippen LogP contribution in [0.25, 0.3) is 0 Å². The van der Waals surface area contributed by atoms with E-state index in [0.29, 0.717) is 17.0 Å². The summed E-state index contributed by atoms with van der Waals surface area (Å²) in [7, 11) is 1.60. The Kier molecular flexibility index (Phi) is 5.17. The van der Waals surface area contributed by atoms with Crippen LogP contribution >= 0.6 is 0 Å². The lowest BCUT2D eigenvalue weighted by Crippen LogP contribution is -2.18. The highest BCUT2D eigenvalue weighted by molar-refractivity contribution is 6.04. The number of carbonyl (C=O) groups excluding carboxylic acids is 2. The smallest absolute Gasteiger partial charge is 0.343 e. The van der Waals surface area contributed by atoms with Crippen molar-refractivity contribution in [1.82, 2.24) is 4.57 Å². The van der Waals surface area contributed by atoms with Gasteiger partial charge in [-0.25, -0.2) is 4.79 Å². The molecule has 0 unspecified atom stereocenters. The van der Waals surface area contributed by atoms with E-state index in [0.717, 1.165) is 5.56 Å². The maximum Gasteiger partial charge on any atom is 0.343 e. The number of aryl methyl sites for hydroxylation is 2. The van der Waals surface area contributed by atoms with E-state index in [2.05, 4.69) is 5.32 Å². The minimum absolute atomic E-state index is 0.176. The first-order valence-corrected chi connectivity index (χ1v) is 8.29. The fourth-order valence-corrected chi connectivity index (χ4v) is 2.44. The lowest BCUT2D eigenvalue weighted by atomic mass is 10.1. The Balaban J connectivity index is 1.66. The molecule has 0 saturated heterocycles. The third kappa shape index (κ3) is 4.49. The van der Waals surface area contributed by atoms with Crippen molar-refractivity contribution >= 4 is 17.6 Å². The average molecular weight is 362 g/mol. The fraction of sp³-hybridized carbons (Fsp3) is 0.0952. The van der Waals surface area contributed by atoms with Crippen LogP contribution in [0.3, 0.4) is 0 Å². The minimum Gasteiger partial charge on any atom is -0.423 e. The molecule has 0 aliphatic heterocycles.